The highest BCUT2D eigenvalue weighted by atomic mass is 19.1. The minimum absolute atomic E-state index is 0.0416. The van der Waals surface area contributed by atoms with E-state index >= 15 is 0 Å². The third-order valence-electron chi connectivity index (χ3n) is 2.35. The van der Waals surface area contributed by atoms with Gasteiger partial charge in [0, 0.05) is 7.05 Å². The number of ether oxygens (including phenoxy) is 1. The third kappa shape index (κ3) is 3.96. The summed E-state index contributed by atoms with van der Waals surface area (Å²) in [6.07, 6.45) is 0.437. The van der Waals surface area contributed by atoms with Gasteiger partial charge in [0.25, 0.3) is 0 Å². The molecule has 0 atom stereocenters. The van der Waals surface area contributed by atoms with Crippen LogP contribution in [-0.2, 0) is 11.2 Å². The van der Waals surface area contributed by atoms with Gasteiger partial charge in [0.15, 0.2) is 17.4 Å². The Balaban J connectivity index is 2.68. The average molecular weight is 258 g/mol. The van der Waals surface area contributed by atoms with E-state index in [1.165, 1.54) is 19.2 Å². The Bertz CT molecular complexity index is 402. The lowest BCUT2D eigenvalue weighted by molar-refractivity contribution is -0.121. The molecule has 0 heterocycles. The summed E-state index contributed by atoms with van der Waals surface area (Å²) in [5, 5.41) is 2.39. The molecule has 0 radical (unpaired) electrons. The van der Waals surface area contributed by atoms with Gasteiger partial charge in [-0.2, -0.15) is 0 Å². The summed E-state index contributed by atoms with van der Waals surface area (Å²) in [5.74, 6) is -2.28. The van der Waals surface area contributed by atoms with Gasteiger partial charge in [0.1, 0.15) is 0 Å². The van der Waals surface area contributed by atoms with Crippen LogP contribution in [0.3, 0.4) is 0 Å². The lowest BCUT2D eigenvalue weighted by Gasteiger charge is -2.09. The number of benzene rings is 1. The van der Waals surface area contributed by atoms with Gasteiger partial charge >= 0.3 is 0 Å². The van der Waals surface area contributed by atoms with Crippen molar-refractivity contribution in [2.75, 3.05) is 20.2 Å². The van der Waals surface area contributed by atoms with Crippen LogP contribution >= 0.6 is 0 Å². The van der Waals surface area contributed by atoms with E-state index in [0.717, 1.165) is 0 Å². The van der Waals surface area contributed by atoms with Crippen molar-refractivity contribution in [2.45, 2.75) is 12.8 Å². The zero-order chi connectivity index (χ0) is 13.5. The highest BCUT2D eigenvalue weighted by molar-refractivity contribution is 5.75. The molecule has 4 nitrogen and oxygen atoms in total. The predicted octanol–water partition coefficient (Wildman–Crippen LogP) is 0.981. The molecule has 18 heavy (non-hydrogen) atoms. The maximum Gasteiger partial charge on any atom is 0.223 e. The topological polar surface area (TPSA) is 64.3 Å². The number of hydrogen-bond donors (Lipinski definition) is 2. The van der Waals surface area contributed by atoms with Crippen molar-refractivity contribution >= 4 is 5.91 Å². The number of carbonyl (C=O) groups excluding carboxylic acids is 1. The molecule has 6 heteroatoms. The molecule has 0 fully saturated rings. The largest absolute Gasteiger partial charge is 0.487 e. The van der Waals surface area contributed by atoms with Gasteiger partial charge in [0.2, 0.25) is 5.91 Å². The summed E-state index contributed by atoms with van der Waals surface area (Å²) in [5.41, 5.74) is 5.78. The van der Waals surface area contributed by atoms with Crippen LogP contribution in [0, 0.1) is 11.6 Å². The number of halogens is 2. The van der Waals surface area contributed by atoms with Crippen LogP contribution in [0.25, 0.3) is 0 Å². The molecule has 0 aliphatic carbocycles. The molecular formula is C12H16F2N2O2. The molecular weight excluding hydrogens is 242 g/mol. The number of rotatable bonds is 6. The van der Waals surface area contributed by atoms with Gasteiger partial charge in [-0.05, 0) is 30.7 Å². The minimum Gasteiger partial charge on any atom is -0.487 e. The minimum atomic E-state index is -0.782. The molecule has 1 aromatic carbocycles. The second-order valence-electron chi connectivity index (χ2n) is 3.70. The number of carbonyl (C=O) groups is 1. The summed E-state index contributed by atoms with van der Waals surface area (Å²) in [6, 6.07) is 2.37. The number of nitrogens with two attached hydrogens (primary N) is 1. The molecule has 0 unspecified atom stereocenters. The predicted molar refractivity (Wildman–Crippen MR) is 63.3 cm³/mol. The quantitative estimate of drug-likeness (QED) is 0.799. The molecule has 1 amide bonds. The fraction of sp³-hybridized carbons (Fsp3) is 0.417. The zero-order valence-corrected chi connectivity index (χ0v) is 10.1. The van der Waals surface area contributed by atoms with Gasteiger partial charge in [-0.25, -0.2) is 8.78 Å². The van der Waals surface area contributed by atoms with Crippen molar-refractivity contribution in [3.05, 3.63) is 29.3 Å². The Hall–Kier alpha value is -1.69. The van der Waals surface area contributed by atoms with Crippen molar-refractivity contribution in [3.63, 3.8) is 0 Å². The van der Waals surface area contributed by atoms with Crippen LogP contribution in [0.15, 0.2) is 12.1 Å². The van der Waals surface area contributed by atoms with Crippen LogP contribution in [0.4, 0.5) is 8.78 Å². The van der Waals surface area contributed by atoms with Crippen LogP contribution in [0.5, 0.6) is 5.75 Å². The van der Waals surface area contributed by atoms with E-state index in [4.69, 9.17) is 10.5 Å². The summed E-state index contributed by atoms with van der Waals surface area (Å²) in [4.78, 5) is 10.9. The van der Waals surface area contributed by atoms with Gasteiger partial charge in [-0.3, -0.25) is 4.79 Å². The molecule has 0 spiro atoms. The fourth-order valence-electron chi connectivity index (χ4n) is 1.43. The molecule has 0 aliphatic rings. The van der Waals surface area contributed by atoms with E-state index in [1.54, 1.807) is 0 Å². The van der Waals surface area contributed by atoms with Gasteiger partial charge in [-0.1, -0.05) is 0 Å². The van der Waals surface area contributed by atoms with Crippen LogP contribution in [-0.4, -0.2) is 26.1 Å². The first kappa shape index (κ1) is 14.4. The first-order valence-electron chi connectivity index (χ1n) is 5.59. The van der Waals surface area contributed by atoms with E-state index in [9.17, 15) is 13.6 Å². The summed E-state index contributed by atoms with van der Waals surface area (Å²) in [6.45, 7) is 0.236. The summed E-state index contributed by atoms with van der Waals surface area (Å²) < 4.78 is 32.0. The van der Waals surface area contributed by atoms with Crippen molar-refractivity contribution in [1.29, 1.82) is 0 Å². The Morgan fingerprint density at radius 1 is 1.39 bits per heavy atom. The highest BCUT2D eigenvalue weighted by Crippen LogP contribution is 2.23. The van der Waals surface area contributed by atoms with Gasteiger partial charge in [-0.15, -0.1) is 0 Å². The maximum absolute atomic E-state index is 13.5. The zero-order valence-electron chi connectivity index (χ0n) is 10.1. The lowest BCUT2D eigenvalue weighted by Crippen LogP contribution is -2.20. The Kier molecular flexibility index (Phi) is 5.51. The maximum atomic E-state index is 13.5. The highest BCUT2D eigenvalue weighted by Gasteiger charge is 2.13. The second kappa shape index (κ2) is 6.90. The Labute approximate surface area is 104 Å². The molecule has 0 saturated heterocycles. The lowest BCUT2D eigenvalue weighted by atomic mass is 10.1. The Morgan fingerprint density at radius 2 is 2.00 bits per heavy atom. The van der Waals surface area contributed by atoms with Crippen LogP contribution in [0.1, 0.15) is 12.0 Å². The Morgan fingerprint density at radius 3 is 2.50 bits per heavy atom. The average Bonchev–Trinajstić information content (AvgIpc) is 2.32. The SMILES string of the molecule is CNC(=O)CCOc1c(F)cc(CCN)cc1F. The standard InChI is InChI=1S/C12H16F2N2O2/c1-16-11(17)3-5-18-12-9(13)6-8(2-4-15)7-10(12)14/h6-7H,2-5,15H2,1H3,(H,16,17). The molecule has 100 valence electrons. The second-order valence-corrected chi connectivity index (χ2v) is 3.70. The van der Waals surface area contributed by atoms with Gasteiger partial charge in [0.05, 0.1) is 13.0 Å². The molecule has 0 aliphatic heterocycles. The first-order chi connectivity index (χ1) is 8.58. The fourth-order valence-corrected chi connectivity index (χ4v) is 1.43. The van der Waals surface area contributed by atoms with Crippen molar-refractivity contribution in [1.82, 2.24) is 5.32 Å². The van der Waals surface area contributed by atoms with E-state index < -0.39 is 17.4 Å². The number of hydrogen-bond acceptors (Lipinski definition) is 3. The van der Waals surface area contributed by atoms with E-state index in [-0.39, 0.29) is 18.9 Å². The van der Waals surface area contributed by atoms with Crippen molar-refractivity contribution in [3.8, 4) is 5.75 Å². The molecule has 1 rings (SSSR count). The van der Waals surface area contributed by atoms with E-state index in [0.29, 0.717) is 18.5 Å². The summed E-state index contributed by atoms with van der Waals surface area (Å²) in [7, 11) is 1.48. The molecule has 0 aromatic heterocycles. The number of amides is 1. The monoisotopic (exact) mass is 258 g/mol. The normalized spacial score (nSPS) is 10.2. The summed E-state index contributed by atoms with van der Waals surface area (Å²) >= 11 is 0. The van der Waals surface area contributed by atoms with E-state index in [1.807, 2.05) is 0 Å². The van der Waals surface area contributed by atoms with Crippen LogP contribution < -0.4 is 15.8 Å². The molecule has 0 saturated carbocycles. The van der Waals surface area contributed by atoms with E-state index in [2.05, 4.69) is 5.32 Å². The smallest absolute Gasteiger partial charge is 0.223 e. The third-order valence-corrected chi connectivity index (χ3v) is 2.35. The molecule has 3 N–H and O–H groups in total. The molecule has 1 aromatic rings. The molecule has 0 bridgehead atoms. The first-order valence-corrected chi connectivity index (χ1v) is 5.59. The van der Waals surface area contributed by atoms with Crippen LogP contribution in [0.2, 0.25) is 0 Å². The number of nitrogens with one attached hydrogen (secondary N) is 1. The van der Waals surface area contributed by atoms with Gasteiger partial charge < -0.3 is 15.8 Å². The van der Waals surface area contributed by atoms with Crippen molar-refractivity contribution in [2.24, 2.45) is 5.73 Å². The van der Waals surface area contributed by atoms with Crippen molar-refractivity contribution < 1.29 is 18.3 Å².